The van der Waals surface area contributed by atoms with E-state index >= 15 is 0 Å². The molecule has 0 saturated carbocycles. The summed E-state index contributed by atoms with van der Waals surface area (Å²) in [5.74, 6) is 0. The molecule has 1 heterocycles. The zero-order chi connectivity index (χ0) is 11.9. The van der Waals surface area contributed by atoms with Gasteiger partial charge in [0.2, 0.25) is 0 Å². The Labute approximate surface area is 86.4 Å². The largest absolute Gasteiger partial charge is 0.394 e. The van der Waals surface area contributed by atoms with Gasteiger partial charge < -0.3 is 0 Å². The normalized spacial score (nSPS) is 24.1. The summed E-state index contributed by atoms with van der Waals surface area (Å²) < 4.78 is 60.3. The van der Waals surface area contributed by atoms with Gasteiger partial charge in [-0.3, -0.25) is 0 Å². The number of nitrogens with zero attached hydrogens (tertiary/aromatic N) is 1. The molecule has 4 nitrogen and oxygen atoms in total. The summed E-state index contributed by atoms with van der Waals surface area (Å²) in [6.07, 6.45) is -4.78. The highest BCUT2D eigenvalue weighted by Crippen LogP contribution is 2.45. The molecule has 0 aromatic heterocycles. The quantitative estimate of drug-likeness (QED) is 0.745. The molecule has 1 rings (SSSR count). The number of nitrogens with two attached hydrogens (primary N) is 1. The van der Waals surface area contributed by atoms with Crippen LogP contribution in [0.4, 0.5) is 13.2 Å². The first-order valence-electron chi connectivity index (χ1n) is 4.41. The van der Waals surface area contributed by atoms with Crippen LogP contribution in [0.2, 0.25) is 0 Å². The standard InChI is InChI=1S/C7H13F3N2O2S/c1-6(7(8,9)10)2-4-12(5-3-6)15(11,13)14/h2-5H2,1H3,(H2,11,13,14). The van der Waals surface area contributed by atoms with Crippen molar-refractivity contribution in [2.24, 2.45) is 10.6 Å². The summed E-state index contributed by atoms with van der Waals surface area (Å²) in [7, 11) is -3.86. The second kappa shape index (κ2) is 3.60. The predicted molar refractivity (Wildman–Crippen MR) is 48.1 cm³/mol. The maximum atomic E-state index is 12.5. The Morgan fingerprint density at radius 3 is 1.93 bits per heavy atom. The summed E-state index contributed by atoms with van der Waals surface area (Å²) in [5.41, 5.74) is -1.80. The van der Waals surface area contributed by atoms with Crippen molar-refractivity contribution in [3.63, 3.8) is 0 Å². The fourth-order valence-electron chi connectivity index (χ4n) is 1.52. The van der Waals surface area contributed by atoms with Gasteiger partial charge in [0, 0.05) is 13.1 Å². The maximum absolute atomic E-state index is 12.5. The molecular weight excluding hydrogens is 233 g/mol. The first-order chi connectivity index (χ1) is 6.56. The molecule has 90 valence electrons. The van der Waals surface area contributed by atoms with Gasteiger partial charge in [-0.2, -0.15) is 25.9 Å². The minimum absolute atomic E-state index is 0.172. The van der Waals surface area contributed by atoms with E-state index in [0.29, 0.717) is 0 Å². The van der Waals surface area contributed by atoms with Crippen molar-refractivity contribution in [3.05, 3.63) is 0 Å². The second-order valence-electron chi connectivity index (χ2n) is 4.00. The van der Waals surface area contributed by atoms with Gasteiger partial charge in [-0.05, 0) is 12.8 Å². The molecule has 0 atom stereocenters. The number of alkyl halides is 3. The van der Waals surface area contributed by atoms with Crippen LogP contribution < -0.4 is 5.14 Å². The van der Waals surface area contributed by atoms with Crippen LogP contribution in [0.15, 0.2) is 0 Å². The third-order valence-electron chi connectivity index (χ3n) is 2.87. The van der Waals surface area contributed by atoms with Crippen molar-refractivity contribution in [1.29, 1.82) is 0 Å². The Morgan fingerprint density at radius 1 is 1.27 bits per heavy atom. The molecule has 1 aliphatic rings. The van der Waals surface area contributed by atoms with Crippen LogP contribution in [0.1, 0.15) is 19.8 Å². The van der Waals surface area contributed by atoms with Gasteiger partial charge in [0.25, 0.3) is 10.2 Å². The highest BCUT2D eigenvalue weighted by molar-refractivity contribution is 7.86. The van der Waals surface area contributed by atoms with Gasteiger partial charge in [0.05, 0.1) is 5.41 Å². The number of hydrogen-bond acceptors (Lipinski definition) is 2. The first-order valence-corrected chi connectivity index (χ1v) is 5.91. The van der Waals surface area contributed by atoms with Crippen LogP contribution in [-0.2, 0) is 10.2 Å². The highest BCUT2D eigenvalue weighted by atomic mass is 32.2. The van der Waals surface area contributed by atoms with Crippen molar-refractivity contribution < 1.29 is 21.6 Å². The predicted octanol–water partition coefficient (Wildman–Crippen LogP) is 0.854. The fraction of sp³-hybridized carbons (Fsp3) is 1.00. The van der Waals surface area contributed by atoms with E-state index < -0.39 is 21.8 Å². The molecule has 0 aliphatic carbocycles. The van der Waals surface area contributed by atoms with E-state index in [1.54, 1.807) is 0 Å². The van der Waals surface area contributed by atoms with Gasteiger partial charge >= 0.3 is 6.18 Å². The number of hydrogen-bond donors (Lipinski definition) is 1. The molecule has 2 N–H and O–H groups in total. The van der Waals surface area contributed by atoms with Crippen LogP contribution in [0, 0.1) is 5.41 Å². The number of halogens is 3. The molecule has 0 radical (unpaired) electrons. The van der Waals surface area contributed by atoms with E-state index in [4.69, 9.17) is 5.14 Å². The fourth-order valence-corrected chi connectivity index (χ4v) is 2.21. The average Bonchev–Trinajstić information content (AvgIpc) is 2.01. The zero-order valence-electron chi connectivity index (χ0n) is 8.21. The zero-order valence-corrected chi connectivity index (χ0v) is 9.03. The van der Waals surface area contributed by atoms with Crippen LogP contribution in [0.5, 0.6) is 0 Å². The van der Waals surface area contributed by atoms with E-state index in [0.717, 1.165) is 11.2 Å². The monoisotopic (exact) mass is 246 g/mol. The van der Waals surface area contributed by atoms with Crippen LogP contribution in [0.3, 0.4) is 0 Å². The third-order valence-corrected chi connectivity index (χ3v) is 3.96. The van der Waals surface area contributed by atoms with E-state index in [1.165, 1.54) is 0 Å². The Bertz CT molecular complexity index is 331. The minimum Gasteiger partial charge on any atom is -0.216 e. The second-order valence-corrected chi connectivity index (χ2v) is 5.55. The maximum Gasteiger partial charge on any atom is 0.394 e. The van der Waals surface area contributed by atoms with E-state index in [9.17, 15) is 21.6 Å². The lowest BCUT2D eigenvalue weighted by atomic mass is 9.80. The molecular formula is C7H13F3N2O2S. The average molecular weight is 246 g/mol. The molecule has 0 spiro atoms. The van der Waals surface area contributed by atoms with Crippen LogP contribution in [0.25, 0.3) is 0 Å². The van der Waals surface area contributed by atoms with Gasteiger partial charge in [-0.1, -0.05) is 6.92 Å². The van der Waals surface area contributed by atoms with Crippen molar-refractivity contribution >= 4 is 10.2 Å². The van der Waals surface area contributed by atoms with Crippen molar-refractivity contribution in [2.75, 3.05) is 13.1 Å². The lowest BCUT2D eigenvalue weighted by molar-refractivity contribution is -0.228. The summed E-state index contributed by atoms with van der Waals surface area (Å²) in [5, 5.41) is 4.82. The molecule has 0 aromatic rings. The van der Waals surface area contributed by atoms with E-state index in [1.807, 2.05) is 0 Å². The molecule has 1 saturated heterocycles. The Balaban J connectivity index is 2.72. The summed E-state index contributed by atoms with van der Waals surface area (Å²) in [6.45, 7) is 0.761. The topological polar surface area (TPSA) is 63.4 Å². The summed E-state index contributed by atoms with van der Waals surface area (Å²) in [6, 6.07) is 0. The molecule has 15 heavy (non-hydrogen) atoms. The molecule has 0 aromatic carbocycles. The van der Waals surface area contributed by atoms with Crippen LogP contribution >= 0.6 is 0 Å². The summed E-state index contributed by atoms with van der Waals surface area (Å²) in [4.78, 5) is 0. The number of rotatable bonds is 1. The lowest BCUT2D eigenvalue weighted by Gasteiger charge is -2.39. The van der Waals surface area contributed by atoms with E-state index in [2.05, 4.69) is 0 Å². The molecule has 0 bridgehead atoms. The highest BCUT2D eigenvalue weighted by Gasteiger charge is 2.52. The van der Waals surface area contributed by atoms with Gasteiger partial charge in [0.1, 0.15) is 0 Å². The molecule has 0 amide bonds. The lowest BCUT2D eigenvalue weighted by Crippen LogP contribution is -2.49. The first kappa shape index (κ1) is 12.7. The SMILES string of the molecule is CC1(C(F)(F)F)CCN(S(N)(=O)=O)CC1. The molecule has 0 unspecified atom stereocenters. The Hall–Kier alpha value is -0.340. The molecule has 1 fully saturated rings. The Morgan fingerprint density at radius 2 is 1.67 bits per heavy atom. The Kier molecular flexibility index (Phi) is 3.05. The minimum atomic E-state index is -4.29. The van der Waals surface area contributed by atoms with Crippen molar-refractivity contribution in [2.45, 2.75) is 25.9 Å². The van der Waals surface area contributed by atoms with E-state index in [-0.39, 0.29) is 25.9 Å². The van der Waals surface area contributed by atoms with Crippen LogP contribution in [-0.4, -0.2) is 32.0 Å². The number of piperidine rings is 1. The smallest absolute Gasteiger partial charge is 0.216 e. The van der Waals surface area contributed by atoms with Crippen molar-refractivity contribution in [3.8, 4) is 0 Å². The molecule has 1 aliphatic heterocycles. The van der Waals surface area contributed by atoms with Gasteiger partial charge in [-0.15, -0.1) is 0 Å². The summed E-state index contributed by atoms with van der Waals surface area (Å²) >= 11 is 0. The third kappa shape index (κ3) is 2.61. The van der Waals surface area contributed by atoms with Crippen molar-refractivity contribution in [1.82, 2.24) is 4.31 Å². The molecule has 8 heteroatoms. The van der Waals surface area contributed by atoms with Gasteiger partial charge in [-0.25, -0.2) is 5.14 Å². The van der Waals surface area contributed by atoms with Gasteiger partial charge in [0.15, 0.2) is 0 Å².